The molecule has 0 aliphatic heterocycles. The fourth-order valence-corrected chi connectivity index (χ4v) is 2.69. The third kappa shape index (κ3) is 2.92. The highest BCUT2D eigenvalue weighted by atomic mass is 35.5. The smallest absolute Gasteiger partial charge is 0.165 e. The van der Waals surface area contributed by atoms with Gasteiger partial charge in [-0.05, 0) is 54.3 Å². The van der Waals surface area contributed by atoms with Gasteiger partial charge in [0.25, 0.3) is 0 Å². The molecule has 0 spiro atoms. The van der Waals surface area contributed by atoms with Crippen molar-refractivity contribution in [1.29, 1.82) is 0 Å². The lowest BCUT2D eigenvalue weighted by atomic mass is 9.98. The Morgan fingerprint density at radius 1 is 1.10 bits per heavy atom. The van der Waals surface area contributed by atoms with Crippen LogP contribution in [0.3, 0.4) is 0 Å². The summed E-state index contributed by atoms with van der Waals surface area (Å²) in [6.07, 6.45) is 0. The first kappa shape index (κ1) is 15.1. The topological polar surface area (TPSA) is 9.23 Å². The van der Waals surface area contributed by atoms with Crippen molar-refractivity contribution in [2.24, 2.45) is 0 Å². The summed E-state index contributed by atoms with van der Waals surface area (Å²) in [5, 5.41) is 0.280. The summed E-state index contributed by atoms with van der Waals surface area (Å²) in [7, 11) is 1.43. The van der Waals surface area contributed by atoms with Gasteiger partial charge in [-0.3, -0.25) is 0 Å². The van der Waals surface area contributed by atoms with E-state index in [1.165, 1.54) is 13.2 Å². The molecule has 0 aliphatic rings. The molecule has 0 aliphatic carbocycles. The fourth-order valence-electron chi connectivity index (χ4n) is 2.10. The van der Waals surface area contributed by atoms with Crippen LogP contribution in [0.1, 0.15) is 27.6 Å². The number of hydrogen-bond donors (Lipinski definition) is 0. The highest BCUT2D eigenvalue weighted by Crippen LogP contribution is 2.35. The molecule has 1 nitrogen and oxygen atoms in total. The Kier molecular flexibility index (Phi) is 4.56. The van der Waals surface area contributed by atoms with Gasteiger partial charge in [0.1, 0.15) is 0 Å². The van der Waals surface area contributed by atoms with E-state index in [4.69, 9.17) is 27.9 Å². The second-order valence-corrected chi connectivity index (χ2v) is 5.56. The summed E-state index contributed by atoms with van der Waals surface area (Å²) in [5.74, 6) is -0.208. The molecule has 0 saturated heterocycles. The number of hydrogen-bond acceptors (Lipinski definition) is 1. The van der Waals surface area contributed by atoms with Crippen LogP contribution in [0.4, 0.5) is 4.39 Å². The van der Waals surface area contributed by atoms with Crippen LogP contribution in [-0.2, 0) is 0 Å². The average molecular weight is 313 g/mol. The summed E-state index contributed by atoms with van der Waals surface area (Å²) in [6.45, 7) is 3.86. The molecule has 0 radical (unpaired) electrons. The molecular formula is C16H15Cl2FO. The minimum absolute atomic E-state index is 0.210. The molecule has 4 heteroatoms. The maximum absolute atomic E-state index is 13.8. The fraction of sp³-hybridized carbons (Fsp3) is 0.250. The number of rotatable bonds is 3. The Bertz CT molecular complexity index is 641. The van der Waals surface area contributed by atoms with Gasteiger partial charge in [0.2, 0.25) is 0 Å². The lowest BCUT2D eigenvalue weighted by Gasteiger charge is -2.16. The van der Waals surface area contributed by atoms with Crippen molar-refractivity contribution < 1.29 is 9.13 Å². The van der Waals surface area contributed by atoms with Crippen molar-refractivity contribution in [3.8, 4) is 5.75 Å². The van der Waals surface area contributed by atoms with Crippen LogP contribution in [-0.4, -0.2) is 7.11 Å². The first-order valence-corrected chi connectivity index (χ1v) is 6.99. The Morgan fingerprint density at radius 3 is 2.40 bits per heavy atom. The molecule has 1 atom stereocenters. The van der Waals surface area contributed by atoms with Crippen molar-refractivity contribution in [2.45, 2.75) is 19.2 Å². The molecule has 2 aromatic carbocycles. The van der Waals surface area contributed by atoms with Gasteiger partial charge in [-0.15, -0.1) is 11.6 Å². The summed E-state index contributed by atoms with van der Waals surface area (Å²) in [5.41, 5.74) is 3.55. The van der Waals surface area contributed by atoms with Crippen LogP contribution in [0.25, 0.3) is 0 Å². The molecule has 0 N–H and O–H groups in total. The molecule has 0 fully saturated rings. The predicted octanol–water partition coefficient (Wildman–Crippen LogP) is 5.43. The maximum Gasteiger partial charge on any atom is 0.165 e. The van der Waals surface area contributed by atoms with E-state index >= 15 is 0 Å². The first-order chi connectivity index (χ1) is 9.43. The summed E-state index contributed by atoms with van der Waals surface area (Å²) in [6, 6.07) is 8.57. The van der Waals surface area contributed by atoms with Crippen LogP contribution < -0.4 is 4.74 Å². The number of benzene rings is 2. The van der Waals surface area contributed by atoms with Gasteiger partial charge in [-0.2, -0.15) is 0 Å². The number of ether oxygens (including phenoxy) is 1. The van der Waals surface area contributed by atoms with Crippen LogP contribution >= 0.6 is 23.2 Å². The summed E-state index contributed by atoms with van der Waals surface area (Å²) < 4.78 is 18.7. The molecule has 2 rings (SSSR count). The summed E-state index contributed by atoms with van der Waals surface area (Å²) >= 11 is 12.6. The first-order valence-electron chi connectivity index (χ1n) is 6.18. The largest absolute Gasteiger partial charge is 0.494 e. The van der Waals surface area contributed by atoms with Gasteiger partial charge < -0.3 is 4.74 Å². The Balaban J connectivity index is 2.43. The van der Waals surface area contributed by atoms with Crippen molar-refractivity contribution in [3.05, 3.63) is 63.4 Å². The molecule has 1 unspecified atom stereocenters. The zero-order valence-corrected chi connectivity index (χ0v) is 13.0. The van der Waals surface area contributed by atoms with E-state index in [2.05, 4.69) is 0 Å². The molecule has 20 heavy (non-hydrogen) atoms. The van der Waals surface area contributed by atoms with Gasteiger partial charge in [-0.1, -0.05) is 23.7 Å². The highest BCUT2D eigenvalue weighted by molar-refractivity contribution is 6.31. The van der Waals surface area contributed by atoms with Crippen LogP contribution in [0.15, 0.2) is 30.3 Å². The zero-order valence-electron chi connectivity index (χ0n) is 11.5. The molecule has 0 saturated carbocycles. The molecule has 0 heterocycles. The maximum atomic E-state index is 13.8. The zero-order chi connectivity index (χ0) is 14.9. The molecular weight excluding hydrogens is 298 g/mol. The lowest BCUT2D eigenvalue weighted by Crippen LogP contribution is -1.99. The quantitative estimate of drug-likeness (QED) is 0.686. The van der Waals surface area contributed by atoms with Gasteiger partial charge >= 0.3 is 0 Å². The van der Waals surface area contributed by atoms with E-state index in [1.54, 1.807) is 12.1 Å². The van der Waals surface area contributed by atoms with Crippen molar-refractivity contribution in [3.63, 3.8) is 0 Å². The number of alkyl halides is 1. The Labute approximate surface area is 128 Å². The van der Waals surface area contributed by atoms with Gasteiger partial charge in [0.15, 0.2) is 11.6 Å². The molecule has 106 valence electrons. The average Bonchev–Trinajstić information content (AvgIpc) is 2.42. The van der Waals surface area contributed by atoms with Crippen LogP contribution in [0.5, 0.6) is 5.75 Å². The van der Waals surface area contributed by atoms with Crippen LogP contribution in [0, 0.1) is 19.7 Å². The minimum atomic E-state index is -0.425. The van der Waals surface area contributed by atoms with E-state index in [0.717, 1.165) is 16.7 Å². The van der Waals surface area contributed by atoms with E-state index in [9.17, 15) is 4.39 Å². The Hall–Kier alpha value is -1.25. The standard InChI is InChI=1S/C16H15Cl2FO/c1-9-7-13(17)10(2)6-12(9)16(18)11-4-5-15(20-3)14(19)8-11/h4-8,16H,1-3H3. The van der Waals surface area contributed by atoms with E-state index in [1.807, 2.05) is 26.0 Å². The monoisotopic (exact) mass is 312 g/mol. The van der Waals surface area contributed by atoms with Gasteiger partial charge in [0, 0.05) is 5.02 Å². The van der Waals surface area contributed by atoms with Crippen molar-refractivity contribution in [1.82, 2.24) is 0 Å². The Morgan fingerprint density at radius 2 is 1.80 bits per heavy atom. The van der Waals surface area contributed by atoms with Crippen molar-refractivity contribution >= 4 is 23.2 Å². The second-order valence-electron chi connectivity index (χ2n) is 4.71. The SMILES string of the molecule is COc1ccc(C(Cl)c2cc(C)c(Cl)cc2C)cc1F. The summed E-state index contributed by atoms with van der Waals surface area (Å²) in [4.78, 5) is 0. The molecule has 0 aromatic heterocycles. The number of aryl methyl sites for hydroxylation is 2. The number of methoxy groups -OCH3 is 1. The normalized spacial score (nSPS) is 12.3. The molecule has 2 aromatic rings. The van der Waals surface area contributed by atoms with Gasteiger partial charge in [0.05, 0.1) is 12.5 Å². The highest BCUT2D eigenvalue weighted by Gasteiger charge is 2.16. The minimum Gasteiger partial charge on any atom is -0.494 e. The van der Waals surface area contributed by atoms with E-state index in [-0.39, 0.29) is 5.75 Å². The number of halogens is 3. The van der Waals surface area contributed by atoms with Crippen molar-refractivity contribution in [2.75, 3.05) is 7.11 Å². The molecule has 0 amide bonds. The predicted molar refractivity (Wildman–Crippen MR) is 81.6 cm³/mol. The second kappa shape index (κ2) is 6.02. The van der Waals surface area contributed by atoms with Gasteiger partial charge in [-0.25, -0.2) is 4.39 Å². The van der Waals surface area contributed by atoms with Crippen LogP contribution in [0.2, 0.25) is 5.02 Å². The van der Waals surface area contributed by atoms with E-state index < -0.39 is 11.2 Å². The lowest BCUT2D eigenvalue weighted by molar-refractivity contribution is 0.386. The molecule has 0 bridgehead atoms. The van der Waals surface area contributed by atoms with E-state index in [0.29, 0.717) is 10.6 Å². The third-order valence-electron chi connectivity index (χ3n) is 3.29. The third-order valence-corrected chi connectivity index (χ3v) is 4.18.